The molecule has 2 rings (SSSR count). The lowest BCUT2D eigenvalue weighted by molar-refractivity contribution is -0.138. The molecule has 0 bridgehead atoms. The highest BCUT2D eigenvalue weighted by Gasteiger charge is 2.45. The highest BCUT2D eigenvalue weighted by molar-refractivity contribution is 5.83. The third-order valence-corrected chi connectivity index (χ3v) is 4.75. The number of hydrogen-bond donors (Lipinski definition) is 2. The van der Waals surface area contributed by atoms with Gasteiger partial charge >= 0.3 is 0 Å². The van der Waals surface area contributed by atoms with Gasteiger partial charge in [0.25, 0.3) is 0 Å². The summed E-state index contributed by atoms with van der Waals surface area (Å²) in [4.78, 5) is 12.7. The molecular formula is C14H26N2O3. The minimum Gasteiger partial charge on any atom is -0.384 e. The summed E-state index contributed by atoms with van der Waals surface area (Å²) >= 11 is 0. The Hall–Kier alpha value is -0.650. The Morgan fingerprint density at radius 1 is 1.42 bits per heavy atom. The van der Waals surface area contributed by atoms with Crippen molar-refractivity contribution in [1.29, 1.82) is 0 Å². The summed E-state index contributed by atoms with van der Waals surface area (Å²) in [6.45, 7) is 7.06. The average Bonchev–Trinajstić information content (AvgIpc) is 2.71. The summed E-state index contributed by atoms with van der Waals surface area (Å²) in [7, 11) is 1.67. The fraction of sp³-hybridized carbons (Fsp3) is 0.929. The fourth-order valence-electron chi connectivity index (χ4n) is 3.01. The van der Waals surface area contributed by atoms with Gasteiger partial charge in [0.2, 0.25) is 5.91 Å². The monoisotopic (exact) mass is 270 g/mol. The molecule has 1 amide bonds. The van der Waals surface area contributed by atoms with Crippen LogP contribution in [0.25, 0.3) is 0 Å². The smallest absolute Gasteiger partial charge is 0.229 e. The van der Waals surface area contributed by atoms with Gasteiger partial charge in [0.1, 0.15) is 0 Å². The minimum atomic E-state index is -0.384. The second-order valence-corrected chi connectivity index (χ2v) is 6.10. The molecule has 2 unspecified atom stereocenters. The maximum absolute atomic E-state index is 12.7. The average molecular weight is 270 g/mol. The lowest BCUT2D eigenvalue weighted by Gasteiger charge is -2.39. The summed E-state index contributed by atoms with van der Waals surface area (Å²) in [6.07, 6.45) is 2.61. The normalized spacial score (nSPS) is 34.2. The number of carbonyl (C=O) groups excluding carboxylic acids is 1. The Morgan fingerprint density at radius 2 is 2.11 bits per heavy atom. The van der Waals surface area contributed by atoms with E-state index in [1.54, 1.807) is 7.11 Å². The van der Waals surface area contributed by atoms with Crippen molar-refractivity contribution in [3.63, 3.8) is 0 Å². The van der Waals surface area contributed by atoms with E-state index in [1.807, 2.05) is 6.92 Å². The number of hydrogen-bond acceptors (Lipinski definition) is 4. The Labute approximate surface area is 115 Å². The molecule has 2 N–H and O–H groups in total. The zero-order valence-corrected chi connectivity index (χ0v) is 12.3. The van der Waals surface area contributed by atoms with Crippen LogP contribution in [0.1, 0.15) is 33.1 Å². The summed E-state index contributed by atoms with van der Waals surface area (Å²) in [5, 5.41) is 6.53. The van der Waals surface area contributed by atoms with Gasteiger partial charge in [-0.1, -0.05) is 0 Å². The summed E-state index contributed by atoms with van der Waals surface area (Å²) in [5.41, 5.74) is -0.631. The molecule has 0 radical (unpaired) electrons. The highest BCUT2D eigenvalue weighted by atomic mass is 16.5. The molecule has 2 fully saturated rings. The maximum atomic E-state index is 12.7. The molecule has 0 aromatic heterocycles. The number of piperidine rings is 1. The Balaban J connectivity index is 2.07. The van der Waals surface area contributed by atoms with Crippen molar-refractivity contribution >= 4 is 5.91 Å². The molecule has 19 heavy (non-hydrogen) atoms. The fourth-order valence-corrected chi connectivity index (χ4v) is 3.01. The van der Waals surface area contributed by atoms with Crippen molar-refractivity contribution in [2.75, 3.05) is 33.4 Å². The molecular weight excluding hydrogens is 244 g/mol. The molecule has 0 aliphatic carbocycles. The van der Waals surface area contributed by atoms with Crippen LogP contribution in [0.2, 0.25) is 0 Å². The molecule has 110 valence electrons. The van der Waals surface area contributed by atoms with Crippen molar-refractivity contribution < 1.29 is 14.3 Å². The van der Waals surface area contributed by atoms with Crippen molar-refractivity contribution in [1.82, 2.24) is 10.6 Å². The van der Waals surface area contributed by atoms with E-state index < -0.39 is 0 Å². The first-order chi connectivity index (χ1) is 9.02. The molecule has 2 aliphatic heterocycles. The molecule has 0 spiro atoms. The first-order valence-electron chi connectivity index (χ1n) is 7.16. The predicted octanol–water partition coefficient (Wildman–Crippen LogP) is 0.686. The molecule has 5 nitrogen and oxygen atoms in total. The van der Waals surface area contributed by atoms with Crippen molar-refractivity contribution in [3.05, 3.63) is 0 Å². The van der Waals surface area contributed by atoms with E-state index in [0.717, 1.165) is 39.0 Å². The van der Waals surface area contributed by atoms with Crippen LogP contribution < -0.4 is 10.6 Å². The van der Waals surface area contributed by atoms with Gasteiger partial charge in [-0.25, -0.2) is 0 Å². The SMILES string of the molecule is COCC1(C(=O)NC2(C)CCOC2C)CCNCC1. The van der Waals surface area contributed by atoms with E-state index in [4.69, 9.17) is 9.47 Å². The standard InChI is InChI=1S/C14H26N2O3/c1-11-13(2,6-9-19-11)16-12(17)14(10-18-3)4-7-15-8-5-14/h11,15H,4-10H2,1-3H3,(H,16,17). The van der Waals surface area contributed by atoms with Crippen LogP contribution in [0.3, 0.4) is 0 Å². The quantitative estimate of drug-likeness (QED) is 0.789. The van der Waals surface area contributed by atoms with Gasteiger partial charge in [0.15, 0.2) is 0 Å². The topological polar surface area (TPSA) is 59.6 Å². The van der Waals surface area contributed by atoms with Crippen molar-refractivity contribution in [2.45, 2.75) is 44.8 Å². The molecule has 2 atom stereocenters. The zero-order chi connectivity index (χ0) is 13.9. The molecule has 0 aromatic carbocycles. The van der Waals surface area contributed by atoms with Gasteiger partial charge in [-0.15, -0.1) is 0 Å². The van der Waals surface area contributed by atoms with Gasteiger partial charge in [-0.2, -0.15) is 0 Å². The maximum Gasteiger partial charge on any atom is 0.229 e. The first kappa shape index (κ1) is 14.8. The minimum absolute atomic E-state index is 0.0674. The van der Waals surface area contributed by atoms with Gasteiger partial charge < -0.3 is 20.1 Å². The van der Waals surface area contributed by atoms with E-state index in [1.165, 1.54) is 0 Å². The second-order valence-electron chi connectivity index (χ2n) is 6.10. The van der Waals surface area contributed by atoms with Crippen molar-refractivity contribution in [2.24, 2.45) is 5.41 Å². The molecule has 5 heteroatoms. The summed E-state index contributed by atoms with van der Waals surface area (Å²) < 4.78 is 10.9. The lowest BCUT2D eigenvalue weighted by Crippen LogP contribution is -2.58. The van der Waals surface area contributed by atoms with Crippen LogP contribution >= 0.6 is 0 Å². The van der Waals surface area contributed by atoms with E-state index in [2.05, 4.69) is 17.6 Å². The van der Waals surface area contributed by atoms with Gasteiger partial charge in [-0.3, -0.25) is 4.79 Å². The van der Waals surface area contributed by atoms with Crippen LogP contribution in [-0.4, -0.2) is 51.0 Å². The van der Waals surface area contributed by atoms with Crippen LogP contribution in [0.4, 0.5) is 0 Å². The second kappa shape index (κ2) is 5.77. The molecule has 0 aromatic rings. The molecule has 2 aliphatic rings. The van der Waals surface area contributed by atoms with Crippen molar-refractivity contribution in [3.8, 4) is 0 Å². The number of carbonyl (C=O) groups is 1. The number of amides is 1. The number of rotatable bonds is 4. The van der Waals surface area contributed by atoms with E-state index >= 15 is 0 Å². The Morgan fingerprint density at radius 3 is 2.63 bits per heavy atom. The first-order valence-corrected chi connectivity index (χ1v) is 7.16. The number of nitrogens with one attached hydrogen (secondary N) is 2. The van der Waals surface area contributed by atoms with E-state index in [9.17, 15) is 4.79 Å². The number of methoxy groups -OCH3 is 1. The van der Waals surface area contributed by atoms with E-state index in [-0.39, 0.29) is 23.0 Å². The number of ether oxygens (including phenoxy) is 2. The third-order valence-electron chi connectivity index (χ3n) is 4.75. The van der Waals surface area contributed by atoms with Crippen LogP contribution in [0.5, 0.6) is 0 Å². The zero-order valence-electron chi connectivity index (χ0n) is 12.3. The highest BCUT2D eigenvalue weighted by Crippen LogP contribution is 2.32. The molecule has 2 heterocycles. The van der Waals surface area contributed by atoms with Crippen LogP contribution in [0, 0.1) is 5.41 Å². The van der Waals surface area contributed by atoms with Gasteiger partial charge in [0, 0.05) is 13.7 Å². The van der Waals surface area contributed by atoms with E-state index in [0.29, 0.717) is 6.61 Å². The predicted molar refractivity (Wildman–Crippen MR) is 73.0 cm³/mol. The third kappa shape index (κ3) is 2.93. The lowest BCUT2D eigenvalue weighted by atomic mass is 9.77. The van der Waals surface area contributed by atoms with Crippen LogP contribution in [-0.2, 0) is 14.3 Å². The van der Waals surface area contributed by atoms with Gasteiger partial charge in [0.05, 0.1) is 23.7 Å². The largest absolute Gasteiger partial charge is 0.384 e. The Bertz CT molecular complexity index is 323. The van der Waals surface area contributed by atoms with Gasteiger partial charge in [-0.05, 0) is 46.2 Å². The molecule has 2 saturated heterocycles. The summed E-state index contributed by atoms with van der Waals surface area (Å²) in [6, 6.07) is 0. The van der Waals surface area contributed by atoms with Crippen LogP contribution in [0.15, 0.2) is 0 Å². The Kier molecular flexibility index (Phi) is 4.48. The summed E-state index contributed by atoms with van der Waals surface area (Å²) in [5.74, 6) is 0.121. The molecule has 0 saturated carbocycles.